The number of nitrogens with zero attached hydrogens (tertiary/aromatic N) is 1. The molecule has 2 rings (SSSR count). The van der Waals surface area contributed by atoms with E-state index in [1.54, 1.807) is 37.4 Å². The van der Waals surface area contributed by atoms with Gasteiger partial charge in [0.05, 0.1) is 12.9 Å². The summed E-state index contributed by atoms with van der Waals surface area (Å²) in [5, 5.41) is 8.42. The topological polar surface area (TPSA) is 95.8 Å². The van der Waals surface area contributed by atoms with Gasteiger partial charge in [-0.2, -0.15) is 0 Å². The molecule has 8 heteroatoms. The summed E-state index contributed by atoms with van der Waals surface area (Å²) < 4.78 is 10.1. The standard InChI is InChI=1S/C20H28N4O4/c1-15-14-16(7-8-17(15)23-19(25)18-6-4-12-28-18)22-20(26)21-9-5-10-24(2)11-13-27-3/h4,6-8,12,14H,5,9-11,13H2,1-3H3,(H,23,25)(H2,21,22,26). The first-order valence-electron chi connectivity index (χ1n) is 9.17. The van der Waals surface area contributed by atoms with Crippen LogP contribution < -0.4 is 16.0 Å². The second kappa shape index (κ2) is 11.1. The molecule has 0 spiro atoms. The van der Waals surface area contributed by atoms with Crippen LogP contribution in [0.5, 0.6) is 0 Å². The largest absolute Gasteiger partial charge is 0.459 e. The minimum Gasteiger partial charge on any atom is -0.459 e. The van der Waals surface area contributed by atoms with E-state index in [-0.39, 0.29) is 17.7 Å². The van der Waals surface area contributed by atoms with E-state index >= 15 is 0 Å². The van der Waals surface area contributed by atoms with Gasteiger partial charge in [-0.1, -0.05) is 0 Å². The molecular formula is C20H28N4O4. The number of carbonyl (C=O) groups is 2. The number of nitrogens with one attached hydrogen (secondary N) is 3. The Balaban J connectivity index is 1.75. The minimum absolute atomic E-state index is 0.244. The molecular weight excluding hydrogens is 360 g/mol. The number of carbonyl (C=O) groups excluding carboxylic acids is 2. The van der Waals surface area contributed by atoms with Crippen LogP contribution in [0, 0.1) is 6.92 Å². The first kappa shape index (κ1) is 21.5. The quantitative estimate of drug-likeness (QED) is 0.544. The normalized spacial score (nSPS) is 10.7. The molecule has 0 unspecified atom stereocenters. The Kier molecular flexibility index (Phi) is 8.51. The maximum Gasteiger partial charge on any atom is 0.319 e. The Hall–Kier alpha value is -2.84. The molecule has 8 nitrogen and oxygen atoms in total. The summed E-state index contributed by atoms with van der Waals surface area (Å²) in [6, 6.07) is 8.28. The average Bonchev–Trinajstić information content (AvgIpc) is 3.20. The molecule has 0 fully saturated rings. The van der Waals surface area contributed by atoms with Crippen molar-refractivity contribution in [3.05, 3.63) is 47.9 Å². The van der Waals surface area contributed by atoms with Gasteiger partial charge in [-0.25, -0.2) is 4.79 Å². The highest BCUT2D eigenvalue weighted by molar-refractivity contribution is 6.02. The zero-order chi connectivity index (χ0) is 20.4. The number of hydrogen-bond acceptors (Lipinski definition) is 5. The molecule has 0 saturated carbocycles. The van der Waals surface area contributed by atoms with Gasteiger partial charge < -0.3 is 30.0 Å². The molecule has 0 aliphatic heterocycles. The molecule has 1 aromatic carbocycles. The van der Waals surface area contributed by atoms with E-state index in [9.17, 15) is 9.59 Å². The summed E-state index contributed by atoms with van der Waals surface area (Å²) in [7, 11) is 3.70. The van der Waals surface area contributed by atoms with Crippen molar-refractivity contribution in [2.24, 2.45) is 0 Å². The second-order valence-corrected chi connectivity index (χ2v) is 6.49. The number of likely N-dealkylation sites (N-methyl/N-ethyl adjacent to an activating group) is 1. The number of aryl methyl sites for hydroxylation is 1. The molecule has 0 bridgehead atoms. The minimum atomic E-state index is -0.318. The highest BCUT2D eigenvalue weighted by Crippen LogP contribution is 2.20. The fourth-order valence-corrected chi connectivity index (χ4v) is 2.56. The Morgan fingerprint density at radius 3 is 2.68 bits per heavy atom. The van der Waals surface area contributed by atoms with E-state index < -0.39 is 0 Å². The van der Waals surface area contributed by atoms with Gasteiger partial charge in [0.25, 0.3) is 5.91 Å². The maximum atomic E-state index is 12.0. The van der Waals surface area contributed by atoms with E-state index in [0.29, 0.717) is 24.5 Å². The van der Waals surface area contributed by atoms with E-state index in [2.05, 4.69) is 20.9 Å². The van der Waals surface area contributed by atoms with Crippen molar-refractivity contribution in [1.29, 1.82) is 0 Å². The smallest absolute Gasteiger partial charge is 0.319 e. The third kappa shape index (κ3) is 7.05. The lowest BCUT2D eigenvalue weighted by Gasteiger charge is -2.16. The monoisotopic (exact) mass is 388 g/mol. The number of hydrogen-bond donors (Lipinski definition) is 3. The molecule has 0 aliphatic carbocycles. The lowest BCUT2D eigenvalue weighted by molar-refractivity contribution is 0.0996. The Bertz CT molecular complexity index is 762. The van der Waals surface area contributed by atoms with Crippen LogP contribution in [0.2, 0.25) is 0 Å². The van der Waals surface area contributed by atoms with Gasteiger partial charge >= 0.3 is 6.03 Å². The van der Waals surface area contributed by atoms with Crippen molar-refractivity contribution in [2.75, 3.05) is 51.0 Å². The summed E-state index contributed by atoms with van der Waals surface area (Å²) in [4.78, 5) is 26.2. The Morgan fingerprint density at radius 2 is 2.00 bits per heavy atom. The lowest BCUT2D eigenvalue weighted by atomic mass is 10.1. The SMILES string of the molecule is COCCN(C)CCCNC(=O)Nc1ccc(NC(=O)c2ccco2)c(C)c1. The average molecular weight is 388 g/mol. The van der Waals surface area contributed by atoms with Crippen LogP contribution in [0.1, 0.15) is 22.5 Å². The number of methoxy groups -OCH3 is 1. The molecule has 28 heavy (non-hydrogen) atoms. The van der Waals surface area contributed by atoms with E-state index in [0.717, 1.165) is 25.1 Å². The number of benzene rings is 1. The van der Waals surface area contributed by atoms with Gasteiger partial charge in [-0.3, -0.25) is 4.79 Å². The highest BCUT2D eigenvalue weighted by Gasteiger charge is 2.11. The molecule has 0 radical (unpaired) electrons. The van der Waals surface area contributed by atoms with E-state index in [1.165, 1.54) is 6.26 Å². The summed E-state index contributed by atoms with van der Waals surface area (Å²) >= 11 is 0. The molecule has 3 amide bonds. The first-order valence-corrected chi connectivity index (χ1v) is 9.17. The summed E-state index contributed by atoms with van der Waals surface area (Å²) in [6.45, 7) is 4.88. The van der Waals surface area contributed by atoms with Gasteiger partial charge in [0.2, 0.25) is 0 Å². The van der Waals surface area contributed by atoms with Crippen molar-refractivity contribution in [3.8, 4) is 0 Å². The van der Waals surface area contributed by atoms with Gasteiger partial charge in [0.15, 0.2) is 5.76 Å². The van der Waals surface area contributed by atoms with E-state index in [1.807, 2.05) is 14.0 Å². The zero-order valence-electron chi connectivity index (χ0n) is 16.6. The van der Waals surface area contributed by atoms with Crippen molar-refractivity contribution >= 4 is 23.3 Å². The van der Waals surface area contributed by atoms with Crippen LogP contribution in [0.3, 0.4) is 0 Å². The van der Waals surface area contributed by atoms with Crippen molar-refractivity contribution < 1.29 is 18.7 Å². The predicted octanol–water partition coefficient (Wildman–Crippen LogP) is 2.93. The van der Waals surface area contributed by atoms with Crippen molar-refractivity contribution in [2.45, 2.75) is 13.3 Å². The summed E-state index contributed by atoms with van der Waals surface area (Å²) in [6.07, 6.45) is 2.30. The predicted molar refractivity (Wildman–Crippen MR) is 109 cm³/mol. The molecule has 3 N–H and O–H groups in total. The highest BCUT2D eigenvalue weighted by atomic mass is 16.5. The number of furan rings is 1. The lowest BCUT2D eigenvalue weighted by Crippen LogP contribution is -2.32. The Morgan fingerprint density at radius 1 is 1.18 bits per heavy atom. The van der Waals surface area contributed by atoms with Crippen LogP contribution in [0.4, 0.5) is 16.2 Å². The second-order valence-electron chi connectivity index (χ2n) is 6.49. The molecule has 0 saturated heterocycles. The molecule has 0 aliphatic rings. The van der Waals surface area contributed by atoms with Crippen LogP contribution >= 0.6 is 0 Å². The summed E-state index contributed by atoms with van der Waals surface area (Å²) in [5.74, 6) is -0.0733. The number of amides is 3. The van der Waals surface area contributed by atoms with Crippen LogP contribution in [-0.4, -0.2) is 57.2 Å². The van der Waals surface area contributed by atoms with Gasteiger partial charge in [-0.15, -0.1) is 0 Å². The summed E-state index contributed by atoms with van der Waals surface area (Å²) in [5.41, 5.74) is 2.15. The molecule has 2 aromatic rings. The third-order valence-corrected chi connectivity index (χ3v) is 4.16. The van der Waals surface area contributed by atoms with Gasteiger partial charge in [-0.05, 0) is 62.8 Å². The van der Waals surface area contributed by atoms with Gasteiger partial charge in [0.1, 0.15) is 0 Å². The van der Waals surface area contributed by atoms with Crippen LogP contribution in [0.25, 0.3) is 0 Å². The fourth-order valence-electron chi connectivity index (χ4n) is 2.56. The number of ether oxygens (including phenoxy) is 1. The molecule has 1 aromatic heterocycles. The van der Waals surface area contributed by atoms with Gasteiger partial charge in [0, 0.05) is 31.6 Å². The maximum absolute atomic E-state index is 12.0. The zero-order valence-corrected chi connectivity index (χ0v) is 16.6. The third-order valence-electron chi connectivity index (χ3n) is 4.16. The van der Waals surface area contributed by atoms with Crippen molar-refractivity contribution in [1.82, 2.24) is 10.2 Å². The first-order chi connectivity index (χ1) is 13.5. The number of rotatable bonds is 10. The van der Waals surface area contributed by atoms with Crippen molar-refractivity contribution in [3.63, 3.8) is 0 Å². The van der Waals surface area contributed by atoms with Crippen LogP contribution in [-0.2, 0) is 4.74 Å². The number of anilines is 2. The molecule has 152 valence electrons. The molecule has 0 atom stereocenters. The number of urea groups is 1. The van der Waals surface area contributed by atoms with Crippen LogP contribution in [0.15, 0.2) is 41.0 Å². The molecule has 1 heterocycles. The Labute approximate surface area is 165 Å². The fraction of sp³-hybridized carbons (Fsp3) is 0.400. The van der Waals surface area contributed by atoms with E-state index in [4.69, 9.17) is 9.15 Å².